The number of nitrogens with one attached hydrogen (secondary N) is 1. The predicted octanol–water partition coefficient (Wildman–Crippen LogP) is 2.10. The second-order valence-corrected chi connectivity index (χ2v) is 6.94. The molecule has 0 atom stereocenters. The molecule has 3 aliphatic rings. The van der Waals surface area contributed by atoms with E-state index in [-0.39, 0.29) is 11.6 Å². The first-order valence-corrected chi connectivity index (χ1v) is 7.85. The first-order valence-electron chi connectivity index (χ1n) is 7.85. The molecule has 3 rings (SSSR count). The van der Waals surface area contributed by atoms with Gasteiger partial charge in [0.05, 0.1) is 10.8 Å². The number of carbonyl (C=O) groups excluding carboxylic acids is 1. The minimum atomic E-state index is -0.747. The highest BCUT2D eigenvalue weighted by molar-refractivity contribution is 5.87. The van der Waals surface area contributed by atoms with Crippen molar-refractivity contribution in [3.63, 3.8) is 0 Å². The van der Waals surface area contributed by atoms with Crippen LogP contribution in [0.25, 0.3) is 0 Å². The number of amides is 1. The summed E-state index contributed by atoms with van der Waals surface area (Å²) in [5.41, 5.74) is -1.51. The van der Waals surface area contributed by atoms with Gasteiger partial charge in [0.1, 0.15) is 0 Å². The molecule has 6 heteroatoms. The molecule has 1 aliphatic heterocycles. The van der Waals surface area contributed by atoms with Gasteiger partial charge in [-0.1, -0.05) is 0 Å². The molecule has 0 aromatic heterocycles. The van der Waals surface area contributed by atoms with Gasteiger partial charge in [0, 0.05) is 25.8 Å². The summed E-state index contributed by atoms with van der Waals surface area (Å²) in [7, 11) is 0. The van der Waals surface area contributed by atoms with Gasteiger partial charge in [-0.15, -0.1) is 12.3 Å². The molecule has 6 nitrogen and oxygen atoms in total. The van der Waals surface area contributed by atoms with Crippen LogP contribution in [0.5, 0.6) is 0 Å². The molecular weight excluding hydrogens is 282 g/mol. The zero-order valence-electron chi connectivity index (χ0n) is 12.6. The number of terminal acetylenes is 1. The molecule has 0 aromatic carbocycles. The average molecular weight is 303 g/mol. The molecule has 0 unspecified atom stereocenters. The van der Waals surface area contributed by atoms with Gasteiger partial charge < -0.3 is 10.4 Å². The molecule has 2 fully saturated rings. The molecule has 1 amide bonds. The van der Waals surface area contributed by atoms with Gasteiger partial charge in [-0.3, -0.25) is 9.59 Å². The highest BCUT2D eigenvalue weighted by Gasteiger charge is 2.61. The quantitative estimate of drug-likeness (QED) is 0.706. The van der Waals surface area contributed by atoms with Crippen LogP contribution in [0.4, 0.5) is 0 Å². The highest BCUT2D eigenvalue weighted by Crippen LogP contribution is 2.61. The van der Waals surface area contributed by atoms with Crippen LogP contribution in [-0.2, 0) is 9.59 Å². The predicted molar refractivity (Wildman–Crippen MR) is 78.9 cm³/mol. The fourth-order valence-electron chi connectivity index (χ4n) is 4.04. The number of carboxylic acids is 1. The van der Waals surface area contributed by atoms with E-state index in [9.17, 15) is 14.7 Å². The van der Waals surface area contributed by atoms with Gasteiger partial charge >= 0.3 is 5.97 Å². The largest absolute Gasteiger partial charge is 0.481 e. The maximum absolute atomic E-state index is 12.5. The van der Waals surface area contributed by atoms with Crippen LogP contribution in [0.2, 0.25) is 0 Å². The lowest BCUT2D eigenvalue weighted by atomic mass is 9.81. The Morgan fingerprint density at radius 3 is 2.27 bits per heavy atom. The number of fused-ring (bicyclic) bond motifs is 2. The summed E-state index contributed by atoms with van der Waals surface area (Å²) in [6.07, 6.45) is 10.4. The molecule has 22 heavy (non-hydrogen) atoms. The Morgan fingerprint density at radius 1 is 1.14 bits per heavy atom. The maximum Gasteiger partial charge on any atom is 0.309 e. The average Bonchev–Trinajstić information content (AvgIpc) is 3.01. The van der Waals surface area contributed by atoms with Crippen molar-refractivity contribution in [2.75, 3.05) is 6.54 Å². The number of nitrogens with zero attached hydrogens (tertiary/aromatic N) is 2. The summed E-state index contributed by atoms with van der Waals surface area (Å²) < 4.78 is 0. The molecule has 0 saturated heterocycles. The lowest BCUT2D eigenvalue weighted by Crippen LogP contribution is -2.39. The van der Waals surface area contributed by atoms with Gasteiger partial charge in [-0.25, -0.2) is 0 Å². The van der Waals surface area contributed by atoms with Gasteiger partial charge in [0.2, 0.25) is 5.91 Å². The summed E-state index contributed by atoms with van der Waals surface area (Å²) in [6, 6.07) is 0. The third kappa shape index (κ3) is 2.39. The van der Waals surface area contributed by atoms with Crippen molar-refractivity contribution in [2.24, 2.45) is 21.1 Å². The van der Waals surface area contributed by atoms with Crippen LogP contribution in [0.3, 0.4) is 0 Å². The van der Waals surface area contributed by atoms with Crippen molar-refractivity contribution in [3.05, 3.63) is 0 Å². The Balaban J connectivity index is 1.50. The number of carbonyl (C=O) groups is 2. The van der Waals surface area contributed by atoms with Gasteiger partial charge in [0.15, 0.2) is 5.66 Å². The fourth-order valence-corrected chi connectivity index (χ4v) is 4.04. The van der Waals surface area contributed by atoms with Crippen molar-refractivity contribution in [2.45, 2.75) is 57.0 Å². The Morgan fingerprint density at radius 2 is 1.77 bits per heavy atom. The molecule has 0 spiro atoms. The number of carboxylic acid groups (broad SMARTS) is 1. The Bertz CT molecular complexity index is 562. The molecular formula is C16H21N3O3. The van der Waals surface area contributed by atoms with E-state index < -0.39 is 16.8 Å². The van der Waals surface area contributed by atoms with Crippen LogP contribution >= 0.6 is 0 Å². The fraction of sp³-hybridized carbons (Fsp3) is 0.750. The molecule has 1 heterocycles. The zero-order valence-corrected chi connectivity index (χ0v) is 12.6. The molecule has 0 radical (unpaired) electrons. The van der Waals surface area contributed by atoms with Gasteiger partial charge in [-0.05, 0) is 32.1 Å². The van der Waals surface area contributed by atoms with Crippen molar-refractivity contribution < 1.29 is 14.7 Å². The van der Waals surface area contributed by atoms with Crippen molar-refractivity contribution >= 4 is 11.9 Å². The molecule has 2 N–H and O–H groups in total. The molecule has 2 bridgehead atoms. The van der Waals surface area contributed by atoms with Crippen molar-refractivity contribution in [1.82, 2.24) is 5.32 Å². The minimum Gasteiger partial charge on any atom is -0.481 e. The molecule has 118 valence electrons. The monoisotopic (exact) mass is 303 g/mol. The van der Waals surface area contributed by atoms with Crippen LogP contribution in [0, 0.1) is 23.2 Å². The topological polar surface area (TPSA) is 91.1 Å². The van der Waals surface area contributed by atoms with Gasteiger partial charge in [0.25, 0.3) is 0 Å². The van der Waals surface area contributed by atoms with Crippen LogP contribution < -0.4 is 5.32 Å². The smallest absolute Gasteiger partial charge is 0.309 e. The number of aliphatic carboxylic acids is 1. The first-order chi connectivity index (χ1) is 10.5. The Labute approximate surface area is 129 Å². The van der Waals surface area contributed by atoms with Crippen LogP contribution in [-0.4, -0.2) is 29.2 Å². The van der Waals surface area contributed by atoms with Gasteiger partial charge in [-0.2, -0.15) is 10.2 Å². The van der Waals surface area contributed by atoms with Crippen molar-refractivity contribution in [1.29, 1.82) is 0 Å². The van der Waals surface area contributed by atoms with Crippen molar-refractivity contribution in [3.8, 4) is 12.3 Å². The summed E-state index contributed by atoms with van der Waals surface area (Å²) in [5, 5.41) is 20.4. The summed E-state index contributed by atoms with van der Waals surface area (Å²) in [6.45, 7) is 0.512. The van der Waals surface area contributed by atoms with Crippen LogP contribution in [0.1, 0.15) is 51.4 Å². The van der Waals surface area contributed by atoms with E-state index in [4.69, 9.17) is 6.42 Å². The van der Waals surface area contributed by atoms with E-state index in [1.165, 1.54) is 0 Å². The number of hydrogen-bond donors (Lipinski definition) is 2. The molecule has 2 saturated carbocycles. The van der Waals surface area contributed by atoms with E-state index >= 15 is 0 Å². The van der Waals surface area contributed by atoms with Crippen LogP contribution in [0.15, 0.2) is 10.2 Å². The van der Waals surface area contributed by atoms with E-state index in [2.05, 4.69) is 21.5 Å². The lowest BCUT2D eigenvalue weighted by molar-refractivity contribution is -0.148. The summed E-state index contributed by atoms with van der Waals surface area (Å²) >= 11 is 0. The minimum absolute atomic E-state index is 0.000810. The van der Waals surface area contributed by atoms with E-state index in [0.29, 0.717) is 51.5 Å². The second-order valence-electron chi connectivity index (χ2n) is 6.94. The van der Waals surface area contributed by atoms with E-state index in [1.807, 2.05) is 0 Å². The normalized spacial score (nSPS) is 33.4. The Kier molecular flexibility index (Phi) is 3.47. The number of hydrogen-bond acceptors (Lipinski definition) is 4. The Hall–Kier alpha value is -1.90. The molecule has 0 aromatic rings. The SMILES string of the molecule is C#CCCC1(CCNC(=O)C23CCC(C(=O)O)(CC2)C3)N=N1. The zero-order chi connectivity index (χ0) is 15.8. The lowest BCUT2D eigenvalue weighted by Gasteiger charge is -2.25. The standard InChI is InChI=1S/C16H21N3O3/c1-2-3-4-16(18-19-16)9-10-17-12(20)14-5-7-15(11-14,8-6-14)13(21)22/h1H,3-11H2,(H,17,20)(H,21,22). The molecule has 2 aliphatic carbocycles. The second kappa shape index (κ2) is 5.08. The maximum atomic E-state index is 12.5. The van der Waals surface area contributed by atoms with E-state index in [1.54, 1.807) is 0 Å². The third-order valence-electron chi connectivity index (χ3n) is 5.64. The third-order valence-corrected chi connectivity index (χ3v) is 5.64. The first kappa shape index (κ1) is 15.0. The summed E-state index contributed by atoms with van der Waals surface area (Å²) in [5.74, 6) is 1.83. The summed E-state index contributed by atoms with van der Waals surface area (Å²) in [4.78, 5) is 23.9. The van der Waals surface area contributed by atoms with E-state index in [0.717, 1.165) is 6.42 Å². The highest BCUT2D eigenvalue weighted by atomic mass is 16.4. The number of rotatable bonds is 7.